The van der Waals surface area contributed by atoms with Crippen molar-refractivity contribution in [1.82, 2.24) is 10.2 Å². The fourth-order valence-corrected chi connectivity index (χ4v) is 3.46. The summed E-state index contributed by atoms with van der Waals surface area (Å²) in [6.07, 6.45) is 1.12. The van der Waals surface area contributed by atoms with Gasteiger partial charge in [-0.3, -0.25) is 9.69 Å². The number of hydrogen-bond acceptors (Lipinski definition) is 2. The highest BCUT2D eigenvalue weighted by Gasteiger charge is 2.30. The smallest absolute Gasteiger partial charge is 0.237 e. The summed E-state index contributed by atoms with van der Waals surface area (Å²) in [7, 11) is 0. The van der Waals surface area contributed by atoms with E-state index in [0.29, 0.717) is 5.92 Å². The maximum absolute atomic E-state index is 12.6. The summed E-state index contributed by atoms with van der Waals surface area (Å²) in [6, 6.07) is 20.7. The van der Waals surface area contributed by atoms with E-state index in [1.54, 1.807) is 0 Å². The van der Waals surface area contributed by atoms with Crippen molar-refractivity contribution in [2.45, 2.75) is 38.3 Å². The van der Waals surface area contributed by atoms with Gasteiger partial charge in [0.05, 0.1) is 12.1 Å². The van der Waals surface area contributed by atoms with Gasteiger partial charge in [0.15, 0.2) is 0 Å². The molecule has 1 heterocycles. The Balaban J connectivity index is 1.56. The monoisotopic (exact) mass is 322 g/mol. The molecule has 3 nitrogen and oxygen atoms in total. The summed E-state index contributed by atoms with van der Waals surface area (Å²) in [4.78, 5) is 14.9. The van der Waals surface area contributed by atoms with E-state index in [1.165, 1.54) is 5.56 Å². The number of rotatable bonds is 5. The highest BCUT2D eigenvalue weighted by molar-refractivity contribution is 5.81. The summed E-state index contributed by atoms with van der Waals surface area (Å²) < 4.78 is 0. The fraction of sp³-hybridized carbons (Fsp3) is 0.381. The average molecular weight is 322 g/mol. The molecule has 1 amide bonds. The molecule has 126 valence electrons. The Hall–Kier alpha value is -2.13. The number of nitrogens with one attached hydrogen (secondary N) is 1. The predicted molar refractivity (Wildman–Crippen MR) is 97.8 cm³/mol. The average Bonchev–Trinajstić information content (AvgIpc) is 3.12. The van der Waals surface area contributed by atoms with Gasteiger partial charge in [0.2, 0.25) is 5.91 Å². The van der Waals surface area contributed by atoms with Gasteiger partial charge in [0, 0.05) is 6.54 Å². The van der Waals surface area contributed by atoms with E-state index < -0.39 is 0 Å². The second-order valence-electron chi connectivity index (χ2n) is 6.71. The first-order chi connectivity index (χ1) is 11.6. The van der Waals surface area contributed by atoms with Gasteiger partial charge in [0.1, 0.15) is 0 Å². The minimum atomic E-state index is -0.0927. The molecule has 0 radical (unpaired) electrons. The van der Waals surface area contributed by atoms with Crippen LogP contribution in [0.15, 0.2) is 60.7 Å². The molecule has 3 rings (SSSR count). The van der Waals surface area contributed by atoms with E-state index in [2.05, 4.69) is 52.7 Å². The van der Waals surface area contributed by atoms with Crippen LogP contribution in [0.4, 0.5) is 0 Å². The molecular formula is C21H26N2O. The summed E-state index contributed by atoms with van der Waals surface area (Å²) >= 11 is 0. The Kier molecular flexibility index (Phi) is 5.31. The second kappa shape index (κ2) is 7.63. The lowest BCUT2D eigenvalue weighted by atomic mass is 9.99. The molecule has 0 aromatic heterocycles. The van der Waals surface area contributed by atoms with Crippen molar-refractivity contribution < 1.29 is 4.79 Å². The van der Waals surface area contributed by atoms with Crippen LogP contribution in [0.1, 0.15) is 43.4 Å². The van der Waals surface area contributed by atoms with Crippen LogP contribution in [-0.4, -0.2) is 29.9 Å². The Morgan fingerprint density at radius 1 is 1.04 bits per heavy atom. The fourth-order valence-electron chi connectivity index (χ4n) is 3.46. The third-order valence-electron chi connectivity index (χ3n) is 5.08. The van der Waals surface area contributed by atoms with Crippen molar-refractivity contribution in [1.29, 1.82) is 0 Å². The first-order valence-corrected chi connectivity index (χ1v) is 8.79. The van der Waals surface area contributed by atoms with Crippen molar-refractivity contribution in [2.75, 3.05) is 13.1 Å². The zero-order valence-corrected chi connectivity index (χ0v) is 14.5. The molecule has 3 heteroatoms. The van der Waals surface area contributed by atoms with E-state index in [9.17, 15) is 4.79 Å². The van der Waals surface area contributed by atoms with Gasteiger partial charge in [-0.1, -0.05) is 60.7 Å². The Bertz CT molecular complexity index is 656. The number of nitrogens with zero attached hydrogens (tertiary/aromatic N) is 1. The number of amides is 1. The van der Waals surface area contributed by atoms with Gasteiger partial charge in [-0.2, -0.15) is 0 Å². The van der Waals surface area contributed by atoms with Crippen LogP contribution < -0.4 is 5.32 Å². The zero-order chi connectivity index (χ0) is 16.9. The largest absolute Gasteiger partial charge is 0.348 e. The van der Waals surface area contributed by atoms with Crippen LogP contribution in [-0.2, 0) is 4.79 Å². The molecule has 0 aliphatic carbocycles. The first kappa shape index (κ1) is 16.7. The van der Waals surface area contributed by atoms with E-state index in [-0.39, 0.29) is 18.0 Å². The maximum Gasteiger partial charge on any atom is 0.237 e. The highest BCUT2D eigenvalue weighted by Crippen LogP contribution is 2.28. The molecular weight excluding hydrogens is 296 g/mol. The third-order valence-corrected chi connectivity index (χ3v) is 5.08. The van der Waals surface area contributed by atoms with Gasteiger partial charge in [-0.05, 0) is 43.9 Å². The summed E-state index contributed by atoms with van der Waals surface area (Å²) in [5, 5.41) is 3.15. The summed E-state index contributed by atoms with van der Waals surface area (Å²) in [5.74, 6) is 0.646. The zero-order valence-electron chi connectivity index (χ0n) is 14.5. The Morgan fingerprint density at radius 2 is 1.67 bits per heavy atom. The SMILES string of the molecule is C[C@H](NC(=O)[C@@H](C)N1CC[C@@H](c2ccccc2)C1)c1ccccc1. The summed E-state index contributed by atoms with van der Waals surface area (Å²) in [5.41, 5.74) is 2.52. The molecule has 1 fully saturated rings. The van der Waals surface area contributed by atoms with Crippen molar-refractivity contribution in [3.05, 3.63) is 71.8 Å². The first-order valence-electron chi connectivity index (χ1n) is 8.79. The molecule has 2 aromatic rings. The highest BCUT2D eigenvalue weighted by atomic mass is 16.2. The minimum Gasteiger partial charge on any atom is -0.348 e. The van der Waals surface area contributed by atoms with Crippen molar-refractivity contribution in [3.8, 4) is 0 Å². The molecule has 2 aromatic carbocycles. The normalized spacial score (nSPS) is 20.5. The van der Waals surface area contributed by atoms with Gasteiger partial charge in [0.25, 0.3) is 0 Å². The molecule has 0 spiro atoms. The van der Waals surface area contributed by atoms with Crippen LogP contribution in [0.25, 0.3) is 0 Å². The molecule has 0 bridgehead atoms. The summed E-state index contributed by atoms with van der Waals surface area (Å²) in [6.45, 7) is 5.99. The number of hydrogen-bond donors (Lipinski definition) is 1. The molecule has 1 aliphatic heterocycles. The Labute approximate surface area is 144 Å². The van der Waals surface area contributed by atoms with Crippen LogP contribution in [0.5, 0.6) is 0 Å². The number of carbonyl (C=O) groups is 1. The van der Waals surface area contributed by atoms with Crippen molar-refractivity contribution in [3.63, 3.8) is 0 Å². The molecule has 0 unspecified atom stereocenters. The van der Waals surface area contributed by atoms with Crippen LogP contribution >= 0.6 is 0 Å². The molecule has 24 heavy (non-hydrogen) atoms. The van der Waals surface area contributed by atoms with Crippen LogP contribution in [0.3, 0.4) is 0 Å². The molecule has 1 N–H and O–H groups in total. The Morgan fingerprint density at radius 3 is 2.33 bits per heavy atom. The van der Waals surface area contributed by atoms with E-state index in [0.717, 1.165) is 25.1 Å². The van der Waals surface area contributed by atoms with E-state index in [1.807, 2.05) is 32.0 Å². The van der Waals surface area contributed by atoms with E-state index in [4.69, 9.17) is 0 Å². The maximum atomic E-state index is 12.6. The molecule has 1 saturated heterocycles. The lowest BCUT2D eigenvalue weighted by Crippen LogP contribution is -2.44. The third kappa shape index (κ3) is 3.85. The molecule has 3 atom stereocenters. The quantitative estimate of drug-likeness (QED) is 0.909. The number of carbonyl (C=O) groups excluding carboxylic acids is 1. The van der Waals surface area contributed by atoms with Gasteiger partial charge in [-0.15, -0.1) is 0 Å². The van der Waals surface area contributed by atoms with Crippen LogP contribution in [0, 0.1) is 0 Å². The lowest BCUT2D eigenvalue weighted by molar-refractivity contribution is -0.126. The molecule has 0 saturated carbocycles. The second-order valence-corrected chi connectivity index (χ2v) is 6.71. The topological polar surface area (TPSA) is 32.3 Å². The van der Waals surface area contributed by atoms with Gasteiger partial charge in [-0.25, -0.2) is 0 Å². The molecule has 1 aliphatic rings. The minimum absolute atomic E-state index is 0.0358. The number of likely N-dealkylation sites (tertiary alicyclic amines) is 1. The van der Waals surface area contributed by atoms with Crippen LogP contribution in [0.2, 0.25) is 0 Å². The van der Waals surface area contributed by atoms with Crippen molar-refractivity contribution in [2.24, 2.45) is 0 Å². The van der Waals surface area contributed by atoms with Gasteiger partial charge >= 0.3 is 0 Å². The number of benzene rings is 2. The van der Waals surface area contributed by atoms with Crippen molar-refractivity contribution >= 4 is 5.91 Å². The lowest BCUT2D eigenvalue weighted by Gasteiger charge is -2.25. The standard InChI is InChI=1S/C21H26N2O/c1-16(18-9-5-3-6-10-18)22-21(24)17(2)23-14-13-20(15-23)19-11-7-4-8-12-19/h3-12,16-17,20H,13-15H2,1-2H3,(H,22,24)/t16-,17+,20+/m0/s1. The van der Waals surface area contributed by atoms with E-state index >= 15 is 0 Å². The predicted octanol–water partition coefficient (Wildman–Crippen LogP) is 3.74. The van der Waals surface area contributed by atoms with Gasteiger partial charge < -0.3 is 5.32 Å².